The van der Waals surface area contributed by atoms with Crippen LogP contribution in [-0.4, -0.2) is 22.6 Å². The van der Waals surface area contributed by atoms with Crippen molar-refractivity contribution in [2.75, 3.05) is 6.54 Å². The quantitative estimate of drug-likeness (QED) is 0.755. The maximum absolute atomic E-state index is 11.2. The van der Waals surface area contributed by atoms with Crippen LogP contribution in [0.5, 0.6) is 0 Å². The molecule has 96 valence electrons. The second-order valence-electron chi connectivity index (χ2n) is 4.68. The summed E-state index contributed by atoms with van der Waals surface area (Å²) in [6, 6.07) is 6.15. The molecule has 1 aromatic heterocycles. The third-order valence-electron chi connectivity index (χ3n) is 3.25. The molecule has 0 amide bonds. The number of carbonyl (C=O) groups is 1. The lowest BCUT2D eigenvalue weighted by Crippen LogP contribution is -2.20. The summed E-state index contributed by atoms with van der Waals surface area (Å²) >= 11 is 0. The minimum atomic E-state index is -0.776. The topological polar surface area (TPSA) is 79.1 Å². The minimum absolute atomic E-state index is 0.401. The van der Waals surface area contributed by atoms with Crippen LogP contribution in [0.3, 0.4) is 0 Å². The molecule has 0 saturated carbocycles. The van der Waals surface area contributed by atoms with E-state index in [4.69, 9.17) is 10.8 Å². The van der Waals surface area contributed by atoms with Crippen LogP contribution in [0, 0.1) is 12.8 Å². The Labute approximate surface area is 106 Å². The average Bonchev–Trinajstić information content (AvgIpc) is 2.71. The lowest BCUT2D eigenvalue weighted by Gasteiger charge is -2.10. The van der Waals surface area contributed by atoms with Gasteiger partial charge in [-0.3, -0.25) is 4.79 Å². The molecule has 0 aliphatic carbocycles. The number of hydrogen-bond donors (Lipinski definition) is 3. The van der Waals surface area contributed by atoms with E-state index < -0.39 is 11.9 Å². The number of hydrogen-bond acceptors (Lipinski definition) is 2. The predicted octanol–water partition coefficient (Wildman–Crippen LogP) is 2.07. The highest BCUT2D eigenvalue weighted by atomic mass is 16.4. The maximum atomic E-state index is 11.2. The van der Waals surface area contributed by atoms with E-state index in [1.807, 2.05) is 25.3 Å². The smallest absolute Gasteiger partial charge is 0.306 e. The van der Waals surface area contributed by atoms with Crippen LogP contribution in [0.2, 0.25) is 0 Å². The van der Waals surface area contributed by atoms with Crippen LogP contribution < -0.4 is 5.73 Å². The summed E-state index contributed by atoms with van der Waals surface area (Å²) in [6.45, 7) is 2.43. The summed E-state index contributed by atoms with van der Waals surface area (Å²) in [5.74, 6) is -1.18. The van der Waals surface area contributed by atoms with Crippen molar-refractivity contribution in [2.45, 2.75) is 19.8 Å². The number of aryl methyl sites for hydroxylation is 1. The number of aliphatic carboxylic acids is 1. The Morgan fingerprint density at radius 2 is 2.28 bits per heavy atom. The SMILES string of the molecule is Cc1ccc2[nH]cc(CC(CCN)C(=O)O)c2c1. The molecule has 1 aromatic carbocycles. The number of carboxylic acid groups (broad SMARTS) is 1. The average molecular weight is 246 g/mol. The Morgan fingerprint density at radius 3 is 2.94 bits per heavy atom. The molecule has 2 aromatic rings. The fourth-order valence-electron chi connectivity index (χ4n) is 2.24. The number of carboxylic acids is 1. The lowest BCUT2D eigenvalue weighted by molar-refractivity contribution is -0.141. The third kappa shape index (κ3) is 2.54. The predicted molar refractivity (Wildman–Crippen MR) is 71.5 cm³/mol. The van der Waals surface area contributed by atoms with Crippen molar-refractivity contribution in [1.82, 2.24) is 4.98 Å². The van der Waals surface area contributed by atoms with E-state index in [2.05, 4.69) is 11.1 Å². The second-order valence-corrected chi connectivity index (χ2v) is 4.68. The number of benzene rings is 1. The molecule has 4 nitrogen and oxygen atoms in total. The minimum Gasteiger partial charge on any atom is -0.481 e. The summed E-state index contributed by atoms with van der Waals surface area (Å²) in [5.41, 5.74) is 8.74. The first-order valence-corrected chi connectivity index (χ1v) is 6.11. The normalized spacial score (nSPS) is 12.8. The van der Waals surface area contributed by atoms with Crippen LogP contribution >= 0.6 is 0 Å². The molecule has 2 rings (SSSR count). The molecule has 1 atom stereocenters. The molecule has 0 radical (unpaired) electrons. The first-order valence-electron chi connectivity index (χ1n) is 6.11. The van der Waals surface area contributed by atoms with Gasteiger partial charge in [0.2, 0.25) is 0 Å². The van der Waals surface area contributed by atoms with Crippen LogP contribution in [0.1, 0.15) is 17.5 Å². The number of fused-ring (bicyclic) bond motifs is 1. The van der Waals surface area contributed by atoms with Gasteiger partial charge in [0.25, 0.3) is 0 Å². The number of nitrogens with one attached hydrogen (secondary N) is 1. The van der Waals surface area contributed by atoms with Crippen molar-refractivity contribution < 1.29 is 9.90 Å². The Bertz CT molecular complexity index is 560. The highest BCUT2D eigenvalue weighted by Crippen LogP contribution is 2.23. The highest BCUT2D eigenvalue weighted by Gasteiger charge is 2.18. The van der Waals surface area contributed by atoms with Crippen LogP contribution in [-0.2, 0) is 11.2 Å². The molecule has 4 heteroatoms. The zero-order valence-corrected chi connectivity index (χ0v) is 10.4. The van der Waals surface area contributed by atoms with Gasteiger partial charge in [0, 0.05) is 17.1 Å². The van der Waals surface area contributed by atoms with Gasteiger partial charge in [-0.25, -0.2) is 0 Å². The van der Waals surface area contributed by atoms with Crippen molar-refractivity contribution in [3.63, 3.8) is 0 Å². The highest BCUT2D eigenvalue weighted by molar-refractivity contribution is 5.84. The summed E-state index contributed by atoms with van der Waals surface area (Å²) in [4.78, 5) is 14.3. The number of aromatic amines is 1. The van der Waals surface area contributed by atoms with Crippen LogP contribution in [0.25, 0.3) is 10.9 Å². The zero-order valence-electron chi connectivity index (χ0n) is 10.4. The van der Waals surface area contributed by atoms with E-state index in [1.165, 1.54) is 5.56 Å². The molecule has 0 aliphatic rings. The maximum Gasteiger partial charge on any atom is 0.306 e. The number of H-pyrrole nitrogens is 1. The van der Waals surface area contributed by atoms with E-state index in [0.717, 1.165) is 16.5 Å². The molecule has 4 N–H and O–H groups in total. The Hall–Kier alpha value is -1.81. The van der Waals surface area contributed by atoms with Gasteiger partial charge in [0.15, 0.2) is 0 Å². The molecule has 0 bridgehead atoms. The summed E-state index contributed by atoms with van der Waals surface area (Å²) in [6.07, 6.45) is 2.93. The van der Waals surface area contributed by atoms with Gasteiger partial charge in [-0.2, -0.15) is 0 Å². The van der Waals surface area contributed by atoms with Crippen LogP contribution in [0.4, 0.5) is 0 Å². The molecule has 18 heavy (non-hydrogen) atoms. The van der Waals surface area contributed by atoms with Gasteiger partial charge in [0.05, 0.1) is 5.92 Å². The molecule has 0 saturated heterocycles. The van der Waals surface area contributed by atoms with Gasteiger partial charge in [0.1, 0.15) is 0 Å². The van der Waals surface area contributed by atoms with Gasteiger partial charge in [-0.05, 0) is 44.0 Å². The molecule has 1 unspecified atom stereocenters. The summed E-state index contributed by atoms with van der Waals surface area (Å²) in [7, 11) is 0. The van der Waals surface area contributed by atoms with Crippen molar-refractivity contribution in [2.24, 2.45) is 11.7 Å². The van der Waals surface area contributed by atoms with E-state index in [9.17, 15) is 4.79 Å². The fourth-order valence-corrected chi connectivity index (χ4v) is 2.24. The van der Waals surface area contributed by atoms with Gasteiger partial charge in [-0.15, -0.1) is 0 Å². The monoisotopic (exact) mass is 246 g/mol. The van der Waals surface area contributed by atoms with Crippen molar-refractivity contribution in [1.29, 1.82) is 0 Å². The van der Waals surface area contributed by atoms with E-state index in [0.29, 0.717) is 19.4 Å². The first kappa shape index (κ1) is 12.6. The first-order chi connectivity index (χ1) is 8.61. The van der Waals surface area contributed by atoms with E-state index in [-0.39, 0.29) is 0 Å². The van der Waals surface area contributed by atoms with Crippen molar-refractivity contribution in [3.8, 4) is 0 Å². The third-order valence-corrected chi connectivity index (χ3v) is 3.25. The molecule has 0 spiro atoms. The van der Waals surface area contributed by atoms with Crippen molar-refractivity contribution in [3.05, 3.63) is 35.5 Å². The Morgan fingerprint density at radius 1 is 1.50 bits per heavy atom. The molecule has 0 fully saturated rings. The lowest BCUT2D eigenvalue weighted by atomic mass is 9.95. The summed E-state index contributed by atoms with van der Waals surface area (Å²) < 4.78 is 0. The van der Waals surface area contributed by atoms with Crippen molar-refractivity contribution >= 4 is 16.9 Å². The number of nitrogens with two attached hydrogens (primary N) is 1. The largest absolute Gasteiger partial charge is 0.481 e. The zero-order chi connectivity index (χ0) is 13.1. The van der Waals surface area contributed by atoms with E-state index >= 15 is 0 Å². The Kier molecular flexibility index (Phi) is 3.67. The number of aromatic nitrogens is 1. The van der Waals surface area contributed by atoms with Gasteiger partial charge in [-0.1, -0.05) is 11.6 Å². The summed E-state index contributed by atoms with van der Waals surface area (Å²) in [5, 5.41) is 10.3. The Balaban J connectivity index is 2.30. The standard InChI is InChI=1S/C14H18N2O2/c1-9-2-3-13-12(6-9)11(8-16-13)7-10(4-5-15)14(17)18/h2-3,6,8,10,16H,4-5,7,15H2,1H3,(H,17,18). The molecular formula is C14H18N2O2. The molecule has 0 aliphatic heterocycles. The second kappa shape index (κ2) is 5.23. The van der Waals surface area contributed by atoms with Crippen LogP contribution in [0.15, 0.2) is 24.4 Å². The van der Waals surface area contributed by atoms with E-state index in [1.54, 1.807) is 0 Å². The molecule has 1 heterocycles. The molecular weight excluding hydrogens is 228 g/mol. The fraction of sp³-hybridized carbons (Fsp3) is 0.357. The number of rotatable bonds is 5. The van der Waals surface area contributed by atoms with Gasteiger partial charge >= 0.3 is 5.97 Å². The van der Waals surface area contributed by atoms with Gasteiger partial charge < -0.3 is 15.8 Å².